The summed E-state index contributed by atoms with van der Waals surface area (Å²) in [6, 6.07) is 0. The van der Waals surface area contributed by atoms with Crippen LogP contribution in [0, 0.1) is 11.9 Å². The van der Waals surface area contributed by atoms with Crippen molar-refractivity contribution in [2.75, 3.05) is 14.2 Å². The number of hydrogen-bond acceptors (Lipinski definition) is 4. The van der Waals surface area contributed by atoms with Crippen molar-refractivity contribution in [1.29, 1.82) is 0 Å². The van der Waals surface area contributed by atoms with Gasteiger partial charge in [-0.1, -0.05) is 0 Å². The predicted molar refractivity (Wildman–Crippen MR) is 35.1 cm³/mol. The average molecular weight is 176 g/mol. The third kappa shape index (κ3) is 1.41. The minimum absolute atomic E-state index is 0.184. The number of ether oxygens (including phenoxy) is 2. The van der Waals surface area contributed by atoms with Crippen molar-refractivity contribution < 1.29 is 18.3 Å². The van der Waals surface area contributed by atoms with Gasteiger partial charge in [-0.25, -0.2) is 0 Å². The van der Waals surface area contributed by atoms with E-state index in [1.54, 1.807) is 0 Å². The Morgan fingerprint density at radius 3 is 1.50 bits per heavy atom. The van der Waals surface area contributed by atoms with Gasteiger partial charge in [0.1, 0.15) is 0 Å². The van der Waals surface area contributed by atoms with Gasteiger partial charge in [-0.2, -0.15) is 18.7 Å². The second-order valence-electron chi connectivity index (χ2n) is 1.82. The van der Waals surface area contributed by atoms with E-state index in [1.807, 2.05) is 0 Å². The summed E-state index contributed by atoms with van der Waals surface area (Å²) in [4.78, 5) is 6.22. The van der Waals surface area contributed by atoms with Crippen molar-refractivity contribution in [3.8, 4) is 11.8 Å². The number of aromatic nitrogens is 2. The zero-order valence-corrected chi connectivity index (χ0v) is 6.47. The quantitative estimate of drug-likeness (QED) is 0.667. The van der Waals surface area contributed by atoms with E-state index in [-0.39, 0.29) is 11.8 Å². The minimum Gasteiger partial charge on any atom is -0.477 e. The molecule has 0 bridgehead atoms. The maximum atomic E-state index is 12.4. The fourth-order valence-corrected chi connectivity index (χ4v) is 0.632. The number of nitrogens with zero attached hydrogens (tertiary/aromatic N) is 2. The first-order valence-electron chi connectivity index (χ1n) is 3.00. The Balaban J connectivity index is 3.19. The number of hydrogen-bond donors (Lipinski definition) is 0. The summed E-state index contributed by atoms with van der Waals surface area (Å²) >= 11 is 0. The highest BCUT2D eigenvalue weighted by atomic mass is 19.2. The van der Waals surface area contributed by atoms with E-state index in [2.05, 4.69) is 19.4 Å². The summed E-state index contributed by atoms with van der Waals surface area (Å²) in [7, 11) is 2.51. The molecule has 4 nitrogen and oxygen atoms in total. The van der Waals surface area contributed by atoms with Crippen molar-refractivity contribution >= 4 is 0 Å². The van der Waals surface area contributed by atoms with Gasteiger partial charge in [-0.15, -0.1) is 0 Å². The van der Waals surface area contributed by atoms with Crippen LogP contribution in [0.3, 0.4) is 0 Å². The molecule has 1 aromatic rings. The van der Waals surface area contributed by atoms with Crippen LogP contribution < -0.4 is 9.47 Å². The smallest absolute Gasteiger partial charge is 0.280 e. The molecule has 66 valence electrons. The Labute approximate surface area is 67.2 Å². The monoisotopic (exact) mass is 176 g/mol. The summed E-state index contributed by atoms with van der Waals surface area (Å²) in [5.74, 6) is -2.99. The molecule has 0 N–H and O–H groups in total. The first-order chi connectivity index (χ1) is 5.69. The van der Waals surface area contributed by atoms with Crippen LogP contribution in [-0.4, -0.2) is 24.2 Å². The molecule has 0 aliphatic heterocycles. The zero-order chi connectivity index (χ0) is 9.14. The molecule has 0 aliphatic carbocycles. The van der Waals surface area contributed by atoms with Crippen LogP contribution in [0.2, 0.25) is 0 Å². The third-order valence-electron chi connectivity index (χ3n) is 1.14. The number of rotatable bonds is 2. The molecular weight excluding hydrogens is 170 g/mol. The van der Waals surface area contributed by atoms with E-state index in [1.165, 1.54) is 14.2 Å². The molecule has 12 heavy (non-hydrogen) atoms. The van der Waals surface area contributed by atoms with E-state index in [9.17, 15) is 8.78 Å². The fraction of sp³-hybridized carbons (Fsp3) is 0.333. The molecule has 0 radical (unpaired) electrons. The van der Waals surface area contributed by atoms with Crippen LogP contribution in [0.25, 0.3) is 0 Å². The van der Waals surface area contributed by atoms with E-state index < -0.39 is 11.9 Å². The SMILES string of the molecule is COc1nc(F)c(F)nc1OC. The van der Waals surface area contributed by atoms with Crippen LogP contribution in [0.1, 0.15) is 0 Å². The van der Waals surface area contributed by atoms with E-state index in [0.29, 0.717) is 0 Å². The summed E-state index contributed by atoms with van der Waals surface area (Å²) in [5, 5.41) is 0. The summed E-state index contributed by atoms with van der Waals surface area (Å²) in [6.07, 6.45) is 0. The Bertz CT molecular complexity index is 264. The average Bonchev–Trinajstić information content (AvgIpc) is 2.09. The topological polar surface area (TPSA) is 44.2 Å². The Hall–Kier alpha value is -1.46. The highest BCUT2D eigenvalue weighted by molar-refractivity contribution is 5.24. The lowest BCUT2D eigenvalue weighted by Crippen LogP contribution is -2.01. The molecule has 0 saturated heterocycles. The maximum Gasteiger partial charge on any atom is 0.280 e. The van der Waals surface area contributed by atoms with Gasteiger partial charge in [0.15, 0.2) is 0 Å². The lowest BCUT2D eigenvalue weighted by atomic mass is 10.6. The van der Waals surface area contributed by atoms with Crippen molar-refractivity contribution in [3.05, 3.63) is 11.9 Å². The van der Waals surface area contributed by atoms with Crippen LogP contribution >= 0.6 is 0 Å². The predicted octanol–water partition coefficient (Wildman–Crippen LogP) is 0.772. The molecule has 0 atom stereocenters. The van der Waals surface area contributed by atoms with Gasteiger partial charge in [0.25, 0.3) is 23.7 Å². The molecular formula is C6H6F2N2O2. The molecule has 0 aliphatic rings. The standard InChI is InChI=1S/C6H6F2N2O2/c1-11-5-6(12-2)10-4(8)3(7)9-5/h1-2H3. The van der Waals surface area contributed by atoms with Crippen LogP contribution in [0.15, 0.2) is 0 Å². The normalized spacial score (nSPS) is 9.67. The zero-order valence-electron chi connectivity index (χ0n) is 6.47. The largest absolute Gasteiger partial charge is 0.477 e. The third-order valence-corrected chi connectivity index (χ3v) is 1.14. The second-order valence-corrected chi connectivity index (χ2v) is 1.82. The molecule has 6 heteroatoms. The summed E-state index contributed by atoms with van der Waals surface area (Å²) < 4.78 is 33.9. The molecule has 1 aromatic heterocycles. The van der Waals surface area contributed by atoms with Crippen molar-refractivity contribution in [3.63, 3.8) is 0 Å². The van der Waals surface area contributed by atoms with Gasteiger partial charge in [-0.3, -0.25) is 0 Å². The van der Waals surface area contributed by atoms with Gasteiger partial charge < -0.3 is 9.47 Å². The Morgan fingerprint density at radius 1 is 0.917 bits per heavy atom. The highest BCUT2D eigenvalue weighted by Crippen LogP contribution is 2.21. The van der Waals surface area contributed by atoms with E-state index >= 15 is 0 Å². The Kier molecular flexibility index (Phi) is 2.37. The summed E-state index contributed by atoms with van der Waals surface area (Å²) in [6.45, 7) is 0. The molecule has 0 unspecified atom stereocenters. The maximum absolute atomic E-state index is 12.4. The van der Waals surface area contributed by atoms with Gasteiger partial charge in [0, 0.05) is 0 Å². The summed E-state index contributed by atoms with van der Waals surface area (Å²) in [5.41, 5.74) is 0. The molecule has 1 rings (SSSR count). The van der Waals surface area contributed by atoms with E-state index in [4.69, 9.17) is 0 Å². The van der Waals surface area contributed by atoms with Crippen molar-refractivity contribution in [1.82, 2.24) is 9.97 Å². The van der Waals surface area contributed by atoms with Crippen LogP contribution in [-0.2, 0) is 0 Å². The first-order valence-corrected chi connectivity index (χ1v) is 3.00. The Morgan fingerprint density at radius 2 is 1.25 bits per heavy atom. The number of methoxy groups -OCH3 is 2. The number of halogens is 2. The molecule has 0 aromatic carbocycles. The highest BCUT2D eigenvalue weighted by Gasteiger charge is 2.13. The van der Waals surface area contributed by atoms with Crippen molar-refractivity contribution in [2.24, 2.45) is 0 Å². The first kappa shape index (κ1) is 8.63. The second kappa shape index (κ2) is 3.29. The van der Waals surface area contributed by atoms with E-state index in [0.717, 1.165) is 0 Å². The van der Waals surface area contributed by atoms with Crippen LogP contribution in [0.5, 0.6) is 11.8 Å². The molecule has 0 amide bonds. The van der Waals surface area contributed by atoms with Crippen LogP contribution in [0.4, 0.5) is 8.78 Å². The van der Waals surface area contributed by atoms with Gasteiger partial charge in [-0.05, 0) is 0 Å². The molecule has 0 spiro atoms. The molecule has 1 heterocycles. The lowest BCUT2D eigenvalue weighted by Gasteiger charge is -2.03. The van der Waals surface area contributed by atoms with Crippen molar-refractivity contribution in [2.45, 2.75) is 0 Å². The minimum atomic E-state index is -1.31. The van der Waals surface area contributed by atoms with Gasteiger partial charge in [0.05, 0.1) is 14.2 Å². The lowest BCUT2D eigenvalue weighted by molar-refractivity contribution is 0.308. The van der Waals surface area contributed by atoms with Gasteiger partial charge in [0.2, 0.25) is 0 Å². The fourth-order valence-electron chi connectivity index (χ4n) is 0.632. The molecule has 0 saturated carbocycles. The van der Waals surface area contributed by atoms with Gasteiger partial charge >= 0.3 is 0 Å². The molecule has 0 fully saturated rings.